The zero-order valence-electron chi connectivity index (χ0n) is 30.1. The summed E-state index contributed by atoms with van der Waals surface area (Å²) in [5.74, 6) is 0. The van der Waals surface area contributed by atoms with Gasteiger partial charge in [-0.15, -0.1) is 0 Å². The lowest BCUT2D eigenvalue weighted by atomic mass is 9.33. The van der Waals surface area contributed by atoms with Gasteiger partial charge in [0.25, 0.3) is 0 Å². The molecule has 6 aromatic rings. The number of benzene rings is 6. The monoisotopic (exact) mass is 623 g/mol. The maximum absolute atomic E-state index is 2.69. The second kappa shape index (κ2) is 9.66. The summed E-state index contributed by atoms with van der Waals surface area (Å²) in [4.78, 5) is 2.69. The second-order valence-corrected chi connectivity index (χ2v) is 18.2. The fraction of sp³-hybridized carbons (Fsp3) is 0.304. The Labute approximate surface area is 287 Å². The fourth-order valence-electron chi connectivity index (χ4n) is 9.20. The zero-order valence-corrected chi connectivity index (χ0v) is 30.1. The highest BCUT2D eigenvalue weighted by Gasteiger charge is 2.45. The lowest BCUT2D eigenvalue weighted by Crippen LogP contribution is -2.60. The average Bonchev–Trinajstić information content (AvgIpc) is 3.01. The standard InChI is InChI=1S/C46H46BN/c1-44(2,3)25-29-23-31(46(7,8)9)24-30(26-45(4,5)6)40(29)47-36-21-19-27-13-10-15-32-34-17-12-18-35-33-16-11-14-28-20-22-37(47)43(39(28)33)48(41(34)35)42(36)38(27)32/h10-24H,25-26H2,1-9H3. The fourth-order valence-corrected chi connectivity index (χ4v) is 9.20. The highest BCUT2D eigenvalue weighted by molar-refractivity contribution is 6.99. The van der Waals surface area contributed by atoms with Gasteiger partial charge in [0.15, 0.2) is 0 Å². The van der Waals surface area contributed by atoms with Crippen LogP contribution in [0.1, 0.15) is 79.0 Å². The minimum absolute atomic E-state index is 0.0644. The molecule has 48 heavy (non-hydrogen) atoms. The highest BCUT2D eigenvalue weighted by Crippen LogP contribution is 2.59. The van der Waals surface area contributed by atoms with E-state index in [4.69, 9.17) is 0 Å². The van der Waals surface area contributed by atoms with E-state index in [0.717, 1.165) is 12.8 Å². The van der Waals surface area contributed by atoms with E-state index in [1.165, 1.54) is 88.5 Å². The van der Waals surface area contributed by atoms with E-state index in [0.29, 0.717) is 0 Å². The number of anilines is 3. The summed E-state index contributed by atoms with van der Waals surface area (Å²) in [6.45, 7) is 21.7. The number of rotatable bonds is 3. The van der Waals surface area contributed by atoms with Crippen LogP contribution in [0.5, 0.6) is 0 Å². The molecule has 9 rings (SSSR count). The first-order chi connectivity index (χ1) is 22.7. The normalized spacial score (nSPS) is 14.4. The molecule has 0 N–H and O–H groups in total. The van der Waals surface area contributed by atoms with Crippen molar-refractivity contribution >= 4 is 61.7 Å². The van der Waals surface area contributed by atoms with E-state index < -0.39 is 0 Å². The predicted molar refractivity (Wildman–Crippen MR) is 210 cm³/mol. The van der Waals surface area contributed by atoms with Gasteiger partial charge in [-0.2, -0.15) is 0 Å². The minimum Gasteiger partial charge on any atom is -0.309 e. The first kappa shape index (κ1) is 29.8. The van der Waals surface area contributed by atoms with Crippen LogP contribution in [0.4, 0.5) is 17.1 Å². The van der Waals surface area contributed by atoms with Crippen LogP contribution >= 0.6 is 0 Å². The summed E-state index contributed by atoms with van der Waals surface area (Å²) in [5.41, 5.74) is 18.8. The van der Waals surface area contributed by atoms with Gasteiger partial charge in [-0.05, 0) is 67.5 Å². The van der Waals surface area contributed by atoms with Crippen LogP contribution in [-0.4, -0.2) is 6.71 Å². The molecule has 0 fully saturated rings. The SMILES string of the molecule is CC(C)(C)Cc1cc(C(C)(C)C)cc(CC(C)(C)C)c1B1c2ccc3cccc4c3c2N2c3c-4cccc3-c3cccc4ccc1c2c34. The van der Waals surface area contributed by atoms with Crippen molar-refractivity contribution < 1.29 is 0 Å². The lowest BCUT2D eigenvalue weighted by molar-refractivity contribution is 0.406. The molecule has 0 aliphatic carbocycles. The first-order valence-electron chi connectivity index (χ1n) is 17.9. The van der Waals surface area contributed by atoms with Gasteiger partial charge in [-0.1, -0.05) is 170 Å². The van der Waals surface area contributed by atoms with Crippen LogP contribution < -0.4 is 21.3 Å². The molecule has 0 amide bonds. The number of para-hydroxylation sites is 1. The summed E-state index contributed by atoms with van der Waals surface area (Å²) in [5, 5.41) is 5.44. The third kappa shape index (κ3) is 4.24. The zero-order chi connectivity index (χ0) is 33.5. The minimum atomic E-state index is 0.0644. The Morgan fingerprint density at radius 2 is 0.938 bits per heavy atom. The van der Waals surface area contributed by atoms with E-state index in [2.05, 4.69) is 158 Å². The molecule has 1 nitrogen and oxygen atoms in total. The van der Waals surface area contributed by atoms with E-state index in [9.17, 15) is 0 Å². The van der Waals surface area contributed by atoms with Gasteiger partial charge < -0.3 is 4.90 Å². The maximum atomic E-state index is 2.69. The molecule has 0 spiro atoms. The van der Waals surface area contributed by atoms with E-state index in [1.807, 2.05) is 0 Å². The third-order valence-corrected chi connectivity index (χ3v) is 11.0. The second-order valence-electron chi connectivity index (χ2n) is 18.2. The molecular weight excluding hydrogens is 577 g/mol. The Bertz CT molecular complexity index is 2200. The molecule has 0 saturated carbocycles. The largest absolute Gasteiger partial charge is 0.309 e. The molecule has 6 aromatic carbocycles. The van der Waals surface area contributed by atoms with Crippen LogP contribution in [0.2, 0.25) is 0 Å². The van der Waals surface area contributed by atoms with Crippen molar-refractivity contribution in [2.45, 2.75) is 80.6 Å². The molecule has 3 heterocycles. The van der Waals surface area contributed by atoms with Crippen molar-refractivity contribution in [1.29, 1.82) is 0 Å². The Morgan fingerprint density at radius 1 is 0.500 bits per heavy atom. The lowest BCUT2D eigenvalue weighted by Gasteiger charge is -2.46. The van der Waals surface area contributed by atoms with Crippen LogP contribution in [0.25, 0.3) is 43.8 Å². The molecule has 0 unspecified atom stereocenters. The highest BCUT2D eigenvalue weighted by atomic mass is 15.2. The summed E-state index contributed by atoms with van der Waals surface area (Å²) in [7, 11) is 0. The van der Waals surface area contributed by atoms with Gasteiger partial charge in [0.1, 0.15) is 0 Å². The molecular formula is C46H46BN. The summed E-state index contributed by atoms with van der Waals surface area (Å²) < 4.78 is 0. The summed E-state index contributed by atoms with van der Waals surface area (Å²) >= 11 is 0. The van der Waals surface area contributed by atoms with Gasteiger partial charge in [0.05, 0.1) is 5.69 Å². The quantitative estimate of drug-likeness (QED) is 0.177. The Hall–Kier alpha value is -4.30. The number of nitrogens with zero attached hydrogens (tertiary/aromatic N) is 1. The molecule has 0 aromatic heterocycles. The van der Waals surface area contributed by atoms with Gasteiger partial charge in [0.2, 0.25) is 6.71 Å². The average molecular weight is 624 g/mol. The third-order valence-electron chi connectivity index (χ3n) is 11.0. The van der Waals surface area contributed by atoms with Crippen LogP contribution in [0.15, 0.2) is 91.0 Å². The van der Waals surface area contributed by atoms with Crippen molar-refractivity contribution in [3.05, 3.63) is 108 Å². The van der Waals surface area contributed by atoms with Gasteiger partial charge in [-0.3, -0.25) is 0 Å². The molecule has 238 valence electrons. The van der Waals surface area contributed by atoms with Crippen LogP contribution in [0, 0.1) is 10.8 Å². The predicted octanol–water partition coefficient (Wildman–Crippen LogP) is 10.7. The van der Waals surface area contributed by atoms with E-state index in [-0.39, 0.29) is 23.0 Å². The molecule has 0 bridgehead atoms. The summed E-state index contributed by atoms with van der Waals surface area (Å²) in [6, 6.07) is 35.7. The van der Waals surface area contributed by atoms with Crippen molar-refractivity contribution in [1.82, 2.24) is 0 Å². The number of hydrogen-bond donors (Lipinski definition) is 0. The first-order valence-corrected chi connectivity index (χ1v) is 17.9. The van der Waals surface area contributed by atoms with E-state index >= 15 is 0 Å². The maximum Gasteiger partial charge on any atom is 0.247 e. The van der Waals surface area contributed by atoms with Gasteiger partial charge >= 0.3 is 0 Å². The van der Waals surface area contributed by atoms with Crippen LogP contribution in [0.3, 0.4) is 0 Å². The van der Waals surface area contributed by atoms with Gasteiger partial charge in [0, 0.05) is 33.3 Å². The van der Waals surface area contributed by atoms with Gasteiger partial charge in [-0.25, -0.2) is 0 Å². The van der Waals surface area contributed by atoms with Crippen molar-refractivity contribution in [2.75, 3.05) is 4.90 Å². The Morgan fingerprint density at radius 3 is 1.38 bits per heavy atom. The smallest absolute Gasteiger partial charge is 0.247 e. The van der Waals surface area contributed by atoms with Crippen molar-refractivity contribution in [3.8, 4) is 22.3 Å². The van der Waals surface area contributed by atoms with Crippen molar-refractivity contribution in [2.24, 2.45) is 10.8 Å². The summed E-state index contributed by atoms with van der Waals surface area (Å²) in [6.07, 6.45) is 2.08. The molecule has 2 heteroatoms. The Balaban J connectivity index is 1.48. The van der Waals surface area contributed by atoms with Crippen LogP contribution in [-0.2, 0) is 18.3 Å². The molecule has 0 radical (unpaired) electrons. The van der Waals surface area contributed by atoms with Crippen molar-refractivity contribution in [3.63, 3.8) is 0 Å². The molecule has 3 aliphatic heterocycles. The molecule has 0 atom stereocenters. The van der Waals surface area contributed by atoms with E-state index in [1.54, 1.807) is 5.46 Å². The number of fused-ring (bicyclic) bond motifs is 2. The topological polar surface area (TPSA) is 3.24 Å². The Kier molecular flexibility index (Phi) is 6.00. The molecule has 3 aliphatic rings. The molecule has 0 saturated heterocycles. The number of hydrogen-bond acceptors (Lipinski definition) is 1.